The molecule has 142 valence electrons. The number of hydrogen-bond donors (Lipinski definition) is 1. The number of amides is 2. The van der Waals surface area contributed by atoms with Gasteiger partial charge in [0.05, 0.1) is 12.1 Å². The van der Waals surface area contributed by atoms with Gasteiger partial charge in [-0.2, -0.15) is 5.10 Å². The van der Waals surface area contributed by atoms with Crippen molar-refractivity contribution in [3.63, 3.8) is 0 Å². The minimum atomic E-state index is -0.462. The summed E-state index contributed by atoms with van der Waals surface area (Å²) in [5, 5.41) is 7.04. The second kappa shape index (κ2) is 8.22. The van der Waals surface area contributed by atoms with Crippen molar-refractivity contribution >= 4 is 29.1 Å². The molecular formula is C18H19ClN4O4. The van der Waals surface area contributed by atoms with Crippen LogP contribution in [0.4, 0.5) is 5.69 Å². The number of carbonyl (C=O) groups excluding carboxylic acids is 2. The number of nitrogens with zero attached hydrogens (tertiary/aromatic N) is 3. The van der Waals surface area contributed by atoms with E-state index in [9.17, 15) is 14.4 Å². The Hall–Kier alpha value is -2.87. The number of rotatable bonds is 5. The Morgan fingerprint density at radius 1 is 1.22 bits per heavy atom. The van der Waals surface area contributed by atoms with Crippen molar-refractivity contribution in [2.75, 3.05) is 25.5 Å². The zero-order valence-electron chi connectivity index (χ0n) is 14.8. The molecule has 0 spiro atoms. The standard InChI is InChI=1S/C18H19ClN4O4/c1-27-15-6-4-12(10-13(15)19)20-16(24)11-23-17(25)7-5-14(21-23)18(26)22-8-2-3-9-22/h4-7,10H,2-3,8-9,11H2,1H3,(H,20,24). The summed E-state index contributed by atoms with van der Waals surface area (Å²) in [6.07, 6.45) is 1.91. The molecule has 1 aliphatic rings. The molecule has 0 radical (unpaired) electrons. The van der Waals surface area contributed by atoms with Gasteiger partial charge in [-0.05, 0) is 37.1 Å². The summed E-state index contributed by atoms with van der Waals surface area (Å²) in [6.45, 7) is 1.04. The molecular weight excluding hydrogens is 372 g/mol. The number of nitrogens with one attached hydrogen (secondary N) is 1. The summed E-state index contributed by atoms with van der Waals surface area (Å²) in [5.74, 6) is -0.208. The lowest BCUT2D eigenvalue weighted by Gasteiger charge is -2.15. The smallest absolute Gasteiger partial charge is 0.274 e. The van der Waals surface area contributed by atoms with Gasteiger partial charge >= 0.3 is 0 Å². The Bertz CT molecular complexity index is 922. The van der Waals surface area contributed by atoms with Crippen LogP contribution in [-0.4, -0.2) is 46.7 Å². The zero-order valence-corrected chi connectivity index (χ0v) is 15.5. The van der Waals surface area contributed by atoms with Crippen molar-refractivity contribution in [1.29, 1.82) is 0 Å². The minimum Gasteiger partial charge on any atom is -0.495 e. The number of benzene rings is 1. The van der Waals surface area contributed by atoms with Crippen LogP contribution in [0.5, 0.6) is 5.75 Å². The molecule has 3 rings (SSSR count). The molecule has 1 aliphatic heterocycles. The van der Waals surface area contributed by atoms with Crippen molar-refractivity contribution < 1.29 is 14.3 Å². The minimum absolute atomic E-state index is 0.150. The molecule has 9 heteroatoms. The maximum absolute atomic E-state index is 12.4. The Morgan fingerprint density at radius 2 is 1.96 bits per heavy atom. The van der Waals surface area contributed by atoms with E-state index in [1.54, 1.807) is 23.1 Å². The lowest BCUT2D eigenvalue weighted by atomic mass is 10.3. The van der Waals surface area contributed by atoms with Crippen molar-refractivity contribution in [2.45, 2.75) is 19.4 Å². The number of likely N-dealkylation sites (tertiary alicyclic amines) is 1. The molecule has 0 aliphatic carbocycles. The Morgan fingerprint density at radius 3 is 2.63 bits per heavy atom. The predicted molar refractivity (Wildman–Crippen MR) is 100 cm³/mol. The molecule has 0 atom stereocenters. The molecule has 2 amide bonds. The number of carbonyl (C=O) groups is 2. The van der Waals surface area contributed by atoms with E-state index in [2.05, 4.69) is 10.4 Å². The van der Waals surface area contributed by atoms with Gasteiger partial charge in [0.1, 0.15) is 18.0 Å². The van der Waals surface area contributed by atoms with Gasteiger partial charge in [-0.15, -0.1) is 0 Å². The molecule has 8 nitrogen and oxygen atoms in total. The molecule has 1 N–H and O–H groups in total. The molecule has 1 aromatic heterocycles. The van der Waals surface area contributed by atoms with E-state index in [1.165, 1.54) is 19.2 Å². The molecule has 0 bridgehead atoms. The van der Waals surface area contributed by atoms with Crippen LogP contribution in [0.3, 0.4) is 0 Å². The van der Waals surface area contributed by atoms with Crippen molar-refractivity contribution in [2.24, 2.45) is 0 Å². The van der Waals surface area contributed by atoms with Crippen molar-refractivity contribution in [1.82, 2.24) is 14.7 Å². The van der Waals surface area contributed by atoms with Gasteiger partial charge in [-0.3, -0.25) is 14.4 Å². The van der Waals surface area contributed by atoms with Gasteiger partial charge in [0, 0.05) is 24.8 Å². The number of aromatic nitrogens is 2. The molecule has 27 heavy (non-hydrogen) atoms. The van der Waals surface area contributed by atoms with Crippen LogP contribution in [-0.2, 0) is 11.3 Å². The topological polar surface area (TPSA) is 93.5 Å². The van der Waals surface area contributed by atoms with Crippen LogP contribution >= 0.6 is 11.6 Å². The zero-order chi connectivity index (χ0) is 19.4. The Labute approximate surface area is 160 Å². The SMILES string of the molecule is COc1ccc(NC(=O)Cn2nc(C(=O)N3CCCC3)ccc2=O)cc1Cl. The van der Waals surface area contributed by atoms with E-state index < -0.39 is 11.5 Å². The summed E-state index contributed by atoms with van der Waals surface area (Å²) >= 11 is 6.03. The lowest BCUT2D eigenvalue weighted by Crippen LogP contribution is -2.34. The molecule has 1 aromatic carbocycles. The average Bonchev–Trinajstić information content (AvgIpc) is 3.18. The van der Waals surface area contributed by atoms with Gasteiger partial charge < -0.3 is 15.0 Å². The first kappa shape index (κ1) is 18.9. The van der Waals surface area contributed by atoms with Crippen LogP contribution < -0.4 is 15.6 Å². The fourth-order valence-electron chi connectivity index (χ4n) is 2.84. The normalized spacial score (nSPS) is 13.5. The first-order valence-electron chi connectivity index (χ1n) is 8.49. The second-order valence-corrected chi connectivity index (χ2v) is 6.52. The van der Waals surface area contributed by atoms with E-state index in [4.69, 9.17) is 16.3 Å². The Balaban J connectivity index is 1.71. The van der Waals surface area contributed by atoms with Crippen LogP contribution in [0.1, 0.15) is 23.3 Å². The maximum Gasteiger partial charge on any atom is 0.274 e. The molecule has 2 aromatic rings. The number of ether oxygens (including phenoxy) is 1. The van der Waals surface area contributed by atoms with Gasteiger partial charge in [0.2, 0.25) is 5.91 Å². The van der Waals surface area contributed by atoms with Gasteiger partial charge in [0.15, 0.2) is 0 Å². The largest absolute Gasteiger partial charge is 0.495 e. The number of anilines is 1. The monoisotopic (exact) mass is 390 g/mol. The number of hydrogen-bond acceptors (Lipinski definition) is 5. The third-order valence-corrected chi connectivity index (χ3v) is 4.50. The van der Waals surface area contributed by atoms with Gasteiger partial charge in [-0.25, -0.2) is 4.68 Å². The molecule has 2 heterocycles. The van der Waals surface area contributed by atoms with Crippen LogP contribution in [0.2, 0.25) is 5.02 Å². The first-order valence-corrected chi connectivity index (χ1v) is 8.86. The number of methoxy groups -OCH3 is 1. The average molecular weight is 391 g/mol. The van der Waals surface area contributed by atoms with E-state index in [0.717, 1.165) is 17.5 Å². The van der Waals surface area contributed by atoms with E-state index in [1.807, 2.05) is 0 Å². The summed E-state index contributed by atoms with van der Waals surface area (Å²) in [5.41, 5.74) is 0.149. The summed E-state index contributed by atoms with van der Waals surface area (Å²) in [7, 11) is 1.49. The molecule has 1 fully saturated rings. The quantitative estimate of drug-likeness (QED) is 0.839. The van der Waals surface area contributed by atoms with Crippen molar-refractivity contribution in [3.8, 4) is 5.75 Å². The highest BCUT2D eigenvalue weighted by Gasteiger charge is 2.21. The third kappa shape index (κ3) is 4.46. The summed E-state index contributed by atoms with van der Waals surface area (Å²) in [6, 6.07) is 7.43. The Kier molecular flexibility index (Phi) is 5.75. The van der Waals surface area contributed by atoms with Gasteiger partial charge in [-0.1, -0.05) is 11.6 Å². The maximum atomic E-state index is 12.4. The highest BCUT2D eigenvalue weighted by molar-refractivity contribution is 6.32. The lowest BCUT2D eigenvalue weighted by molar-refractivity contribution is -0.117. The highest BCUT2D eigenvalue weighted by atomic mass is 35.5. The van der Waals surface area contributed by atoms with Crippen LogP contribution in [0.15, 0.2) is 35.1 Å². The highest BCUT2D eigenvalue weighted by Crippen LogP contribution is 2.27. The van der Waals surface area contributed by atoms with Crippen LogP contribution in [0.25, 0.3) is 0 Å². The predicted octanol–water partition coefficient (Wildman–Crippen LogP) is 1.78. The summed E-state index contributed by atoms with van der Waals surface area (Å²) < 4.78 is 6.03. The fourth-order valence-corrected chi connectivity index (χ4v) is 3.10. The van der Waals surface area contributed by atoms with E-state index in [-0.39, 0.29) is 18.1 Å². The second-order valence-electron chi connectivity index (χ2n) is 6.11. The van der Waals surface area contributed by atoms with E-state index in [0.29, 0.717) is 29.5 Å². The van der Waals surface area contributed by atoms with Gasteiger partial charge in [0.25, 0.3) is 11.5 Å². The molecule has 1 saturated heterocycles. The summed E-state index contributed by atoms with van der Waals surface area (Å²) in [4.78, 5) is 38.4. The van der Waals surface area contributed by atoms with Crippen LogP contribution in [0, 0.1) is 0 Å². The molecule has 0 unspecified atom stereocenters. The first-order chi connectivity index (χ1) is 13.0. The third-order valence-electron chi connectivity index (χ3n) is 4.21. The molecule has 0 saturated carbocycles. The number of halogens is 1. The van der Waals surface area contributed by atoms with Crippen molar-refractivity contribution in [3.05, 3.63) is 51.4 Å². The fraction of sp³-hybridized carbons (Fsp3) is 0.333. The van der Waals surface area contributed by atoms with E-state index >= 15 is 0 Å².